The van der Waals surface area contributed by atoms with Gasteiger partial charge in [0.05, 0.1) is 0 Å². The van der Waals surface area contributed by atoms with Gasteiger partial charge < -0.3 is 15.5 Å². The Kier molecular flexibility index (Phi) is 8.47. The Morgan fingerprint density at radius 3 is 2.83 bits per heavy atom. The summed E-state index contributed by atoms with van der Waals surface area (Å²) in [5.41, 5.74) is 0. The Hall–Kier alpha value is -1.20. The van der Waals surface area contributed by atoms with Gasteiger partial charge >= 0.3 is 0 Å². The molecule has 1 saturated heterocycles. The van der Waals surface area contributed by atoms with E-state index in [1.165, 1.54) is 30.8 Å². The Morgan fingerprint density at radius 2 is 2.12 bits per heavy atom. The zero-order valence-electron chi connectivity index (χ0n) is 15.3. The van der Waals surface area contributed by atoms with Crippen LogP contribution in [0.4, 0.5) is 0 Å². The zero-order valence-corrected chi connectivity index (χ0v) is 16.1. The molecule has 0 saturated carbocycles. The number of nitrogens with zero attached hydrogens (tertiary/aromatic N) is 2. The third-order valence-corrected chi connectivity index (χ3v) is 5.58. The van der Waals surface area contributed by atoms with Crippen LogP contribution < -0.4 is 10.6 Å². The smallest absolute Gasteiger partial charge is 0.191 e. The van der Waals surface area contributed by atoms with Crippen LogP contribution in [-0.4, -0.2) is 55.9 Å². The van der Waals surface area contributed by atoms with Crippen LogP contribution in [0.2, 0.25) is 0 Å². The number of rotatable bonds is 7. The van der Waals surface area contributed by atoms with Gasteiger partial charge in [0.1, 0.15) is 0 Å². The molecule has 1 aromatic carbocycles. The molecule has 2 unspecified atom stereocenters. The molecule has 0 amide bonds. The van der Waals surface area contributed by atoms with Gasteiger partial charge in [0.15, 0.2) is 5.96 Å². The van der Waals surface area contributed by atoms with Gasteiger partial charge in [0, 0.05) is 36.8 Å². The number of nitrogens with one attached hydrogen (secondary N) is 2. The van der Waals surface area contributed by atoms with Gasteiger partial charge in [-0.25, -0.2) is 0 Å². The minimum Gasteiger partial charge on any atom is -0.356 e. The average Bonchev–Trinajstić information content (AvgIpc) is 2.63. The van der Waals surface area contributed by atoms with Gasteiger partial charge in [-0.3, -0.25) is 4.99 Å². The van der Waals surface area contributed by atoms with E-state index in [-0.39, 0.29) is 0 Å². The van der Waals surface area contributed by atoms with Crippen LogP contribution in [0.3, 0.4) is 0 Å². The molecule has 5 heteroatoms. The van der Waals surface area contributed by atoms with E-state index >= 15 is 0 Å². The Balaban J connectivity index is 1.68. The summed E-state index contributed by atoms with van der Waals surface area (Å²) in [5.74, 6) is 1.65. The fourth-order valence-corrected chi connectivity index (χ4v) is 4.03. The van der Waals surface area contributed by atoms with Crippen molar-refractivity contribution < 1.29 is 0 Å². The molecule has 0 bridgehead atoms. The molecule has 0 spiro atoms. The molecule has 134 valence electrons. The van der Waals surface area contributed by atoms with Crippen LogP contribution >= 0.6 is 11.8 Å². The van der Waals surface area contributed by atoms with Gasteiger partial charge in [0.2, 0.25) is 0 Å². The van der Waals surface area contributed by atoms with Crippen LogP contribution in [0.5, 0.6) is 0 Å². The summed E-state index contributed by atoms with van der Waals surface area (Å²) in [7, 11) is 1.85. The van der Waals surface area contributed by atoms with Gasteiger partial charge in [-0.2, -0.15) is 0 Å². The molecule has 24 heavy (non-hydrogen) atoms. The van der Waals surface area contributed by atoms with Crippen molar-refractivity contribution in [2.75, 3.05) is 39.8 Å². The highest BCUT2D eigenvalue weighted by molar-refractivity contribution is 8.00. The van der Waals surface area contributed by atoms with Gasteiger partial charge in [-0.15, -0.1) is 11.8 Å². The van der Waals surface area contributed by atoms with Crippen molar-refractivity contribution in [1.29, 1.82) is 0 Å². The van der Waals surface area contributed by atoms with Crippen molar-refractivity contribution in [3.63, 3.8) is 0 Å². The fourth-order valence-electron chi connectivity index (χ4n) is 3.08. The maximum absolute atomic E-state index is 4.36. The maximum atomic E-state index is 4.36. The van der Waals surface area contributed by atoms with Crippen molar-refractivity contribution >= 4 is 17.7 Å². The van der Waals surface area contributed by atoms with Crippen molar-refractivity contribution in [2.45, 2.75) is 36.8 Å². The molecule has 0 aromatic heterocycles. The molecule has 0 radical (unpaired) electrons. The average molecular weight is 349 g/mol. The fraction of sp³-hybridized carbons (Fsp3) is 0.632. The van der Waals surface area contributed by atoms with E-state index in [2.05, 4.69) is 64.7 Å². The number of thioether (sulfide) groups is 1. The van der Waals surface area contributed by atoms with Crippen molar-refractivity contribution in [3.05, 3.63) is 30.3 Å². The lowest BCUT2D eigenvalue weighted by Gasteiger charge is -2.32. The van der Waals surface area contributed by atoms with Gasteiger partial charge in [0.25, 0.3) is 0 Å². The predicted molar refractivity (Wildman–Crippen MR) is 106 cm³/mol. The summed E-state index contributed by atoms with van der Waals surface area (Å²) >= 11 is 1.89. The molecule has 2 N–H and O–H groups in total. The van der Waals surface area contributed by atoms with Crippen LogP contribution in [0.1, 0.15) is 26.7 Å². The summed E-state index contributed by atoms with van der Waals surface area (Å²) in [5, 5.41) is 7.46. The van der Waals surface area contributed by atoms with Crippen LogP contribution in [0.25, 0.3) is 0 Å². The Morgan fingerprint density at radius 1 is 1.33 bits per heavy atom. The second-order valence-corrected chi connectivity index (χ2v) is 7.99. The third kappa shape index (κ3) is 6.73. The molecule has 1 aliphatic rings. The number of aliphatic imine (C=N–C) groups is 1. The molecule has 1 aliphatic heterocycles. The zero-order chi connectivity index (χ0) is 17.2. The molecule has 1 fully saturated rings. The molecule has 1 heterocycles. The van der Waals surface area contributed by atoms with Gasteiger partial charge in [-0.1, -0.05) is 32.0 Å². The molecule has 2 rings (SSSR count). The molecule has 1 aromatic rings. The highest BCUT2D eigenvalue weighted by atomic mass is 32.2. The normalized spacial score (nSPS) is 20.6. The predicted octanol–water partition coefficient (Wildman–Crippen LogP) is 3.06. The van der Waals surface area contributed by atoms with Gasteiger partial charge in [-0.05, 0) is 44.0 Å². The topological polar surface area (TPSA) is 39.7 Å². The molecular formula is C19H32N4S. The number of benzene rings is 1. The number of guanidine groups is 1. The largest absolute Gasteiger partial charge is 0.356 e. The monoisotopic (exact) mass is 348 g/mol. The van der Waals surface area contributed by atoms with E-state index in [1.807, 2.05) is 18.8 Å². The first-order valence-corrected chi connectivity index (χ1v) is 9.97. The molecular weight excluding hydrogens is 316 g/mol. The number of piperidine rings is 1. The summed E-state index contributed by atoms with van der Waals surface area (Å²) in [4.78, 5) is 8.22. The molecule has 0 aliphatic carbocycles. The SMILES string of the molecule is CCN1CCCC(CNC(=NC)NCC(C)Sc2ccccc2)C1. The van der Waals surface area contributed by atoms with Crippen LogP contribution in [0.15, 0.2) is 40.2 Å². The van der Waals surface area contributed by atoms with Crippen LogP contribution in [0, 0.1) is 5.92 Å². The first kappa shape index (κ1) is 19.1. The van der Waals surface area contributed by atoms with E-state index in [4.69, 9.17) is 0 Å². The quantitative estimate of drug-likeness (QED) is 0.451. The summed E-state index contributed by atoms with van der Waals surface area (Å²) in [6.45, 7) is 10.0. The van der Waals surface area contributed by atoms with Crippen LogP contribution in [-0.2, 0) is 0 Å². The first-order valence-electron chi connectivity index (χ1n) is 9.09. The lowest BCUT2D eigenvalue weighted by molar-refractivity contribution is 0.183. The van der Waals surface area contributed by atoms with E-state index in [0.29, 0.717) is 5.25 Å². The summed E-state index contributed by atoms with van der Waals surface area (Å²) in [6, 6.07) is 10.6. The highest BCUT2D eigenvalue weighted by Crippen LogP contribution is 2.21. The number of hydrogen-bond donors (Lipinski definition) is 2. The van der Waals surface area contributed by atoms with E-state index in [0.717, 1.165) is 31.5 Å². The Bertz CT molecular complexity index is 491. The maximum Gasteiger partial charge on any atom is 0.191 e. The van der Waals surface area contributed by atoms with Crippen molar-refractivity contribution in [2.24, 2.45) is 10.9 Å². The minimum absolute atomic E-state index is 0.496. The van der Waals surface area contributed by atoms with E-state index in [1.54, 1.807) is 0 Å². The van der Waals surface area contributed by atoms with E-state index in [9.17, 15) is 0 Å². The lowest BCUT2D eigenvalue weighted by atomic mass is 9.98. The molecule has 2 atom stereocenters. The second kappa shape index (κ2) is 10.6. The molecule has 4 nitrogen and oxygen atoms in total. The van der Waals surface area contributed by atoms with Crippen molar-refractivity contribution in [1.82, 2.24) is 15.5 Å². The first-order chi connectivity index (χ1) is 11.7. The number of likely N-dealkylation sites (tertiary alicyclic amines) is 1. The van der Waals surface area contributed by atoms with Crippen molar-refractivity contribution in [3.8, 4) is 0 Å². The number of hydrogen-bond acceptors (Lipinski definition) is 3. The van der Waals surface area contributed by atoms with E-state index < -0.39 is 0 Å². The minimum atomic E-state index is 0.496. The highest BCUT2D eigenvalue weighted by Gasteiger charge is 2.18. The third-order valence-electron chi connectivity index (χ3n) is 4.47. The lowest BCUT2D eigenvalue weighted by Crippen LogP contribution is -2.45. The summed E-state index contributed by atoms with van der Waals surface area (Å²) in [6.07, 6.45) is 2.64. The Labute approximate surface area is 151 Å². The summed E-state index contributed by atoms with van der Waals surface area (Å²) < 4.78 is 0. The standard InChI is InChI=1S/C19H32N4S/c1-4-23-12-8-9-17(15-23)14-22-19(20-3)21-13-16(2)24-18-10-6-5-7-11-18/h5-7,10-11,16-17H,4,8-9,12-15H2,1-3H3,(H2,20,21,22). The second-order valence-electron chi connectivity index (χ2n) is 6.48.